The first-order chi connectivity index (χ1) is 9.10. The third-order valence-electron chi connectivity index (χ3n) is 3.27. The van der Waals surface area contributed by atoms with E-state index < -0.39 is 0 Å². The number of nitrogens with two attached hydrogens (primary N) is 1. The highest BCUT2D eigenvalue weighted by molar-refractivity contribution is 9.10. The van der Waals surface area contributed by atoms with Crippen LogP contribution in [0.1, 0.15) is 18.1 Å². The lowest BCUT2D eigenvalue weighted by atomic mass is 10.1. The SMILES string of the molecule is CCc1ccc(N(C)Cc2ccc(Br)c(N)c2)cc1. The standard InChI is InChI=1S/C16H19BrN2/c1-3-12-4-7-14(8-5-12)19(2)11-13-6-9-15(17)16(18)10-13/h4-10H,3,11,18H2,1-2H3. The van der Waals surface area contributed by atoms with Gasteiger partial charge in [-0.1, -0.05) is 25.1 Å². The molecule has 0 unspecified atom stereocenters. The summed E-state index contributed by atoms with van der Waals surface area (Å²) in [4.78, 5) is 2.22. The second-order valence-corrected chi connectivity index (χ2v) is 5.59. The third-order valence-corrected chi connectivity index (χ3v) is 3.99. The van der Waals surface area contributed by atoms with Crippen LogP contribution >= 0.6 is 15.9 Å². The molecule has 0 aliphatic rings. The van der Waals surface area contributed by atoms with E-state index in [0.29, 0.717) is 0 Å². The summed E-state index contributed by atoms with van der Waals surface area (Å²) in [6.07, 6.45) is 1.08. The van der Waals surface area contributed by atoms with Crippen molar-refractivity contribution in [2.75, 3.05) is 17.7 Å². The number of nitrogens with zero attached hydrogens (tertiary/aromatic N) is 1. The smallest absolute Gasteiger partial charge is 0.0461 e. The predicted octanol–water partition coefficient (Wildman–Crippen LogP) is 4.23. The summed E-state index contributed by atoms with van der Waals surface area (Å²) in [6.45, 7) is 3.02. The predicted molar refractivity (Wildman–Crippen MR) is 86.5 cm³/mol. The zero-order valence-corrected chi connectivity index (χ0v) is 12.9. The van der Waals surface area contributed by atoms with Crippen LogP contribution in [0.25, 0.3) is 0 Å². The lowest BCUT2D eigenvalue weighted by Gasteiger charge is -2.20. The number of hydrogen-bond donors (Lipinski definition) is 1. The van der Waals surface area contributed by atoms with E-state index in [4.69, 9.17) is 5.73 Å². The number of benzene rings is 2. The molecule has 0 amide bonds. The van der Waals surface area contributed by atoms with Gasteiger partial charge in [0.25, 0.3) is 0 Å². The van der Waals surface area contributed by atoms with Gasteiger partial charge in [0, 0.05) is 29.4 Å². The van der Waals surface area contributed by atoms with Gasteiger partial charge in [0.05, 0.1) is 0 Å². The Balaban J connectivity index is 2.10. The lowest BCUT2D eigenvalue weighted by Crippen LogP contribution is -2.16. The third kappa shape index (κ3) is 3.51. The largest absolute Gasteiger partial charge is 0.398 e. The molecule has 100 valence electrons. The Hall–Kier alpha value is -1.48. The summed E-state index contributed by atoms with van der Waals surface area (Å²) in [7, 11) is 2.10. The Kier molecular flexibility index (Phi) is 4.48. The van der Waals surface area contributed by atoms with Gasteiger partial charge in [-0.15, -0.1) is 0 Å². The molecule has 2 N–H and O–H groups in total. The van der Waals surface area contributed by atoms with Crippen LogP contribution in [0.5, 0.6) is 0 Å². The monoisotopic (exact) mass is 318 g/mol. The van der Waals surface area contributed by atoms with E-state index in [1.807, 2.05) is 12.1 Å². The van der Waals surface area contributed by atoms with Crippen LogP contribution in [0.15, 0.2) is 46.9 Å². The lowest BCUT2D eigenvalue weighted by molar-refractivity contribution is 0.922. The van der Waals surface area contributed by atoms with Crippen molar-refractivity contribution in [2.24, 2.45) is 0 Å². The molecule has 0 atom stereocenters. The Morgan fingerprint density at radius 1 is 1.05 bits per heavy atom. The van der Waals surface area contributed by atoms with Crippen molar-refractivity contribution in [1.82, 2.24) is 0 Å². The van der Waals surface area contributed by atoms with Crippen LogP contribution in [-0.2, 0) is 13.0 Å². The molecule has 2 nitrogen and oxygen atoms in total. The first-order valence-corrected chi connectivity index (χ1v) is 7.23. The van der Waals surface area contributed by atoms with E-state index in [1.165, 1.54) is 16.8 Å². The molecule has 19 heavy (non-hydrogen) atoms. The number of aryl methyl sites for hydroxylation is 1. The van der Waals surface area contributed by atoms with Crippen molar-refractivity contribution in [1.29, 1.82) is 0 Å². The van der Waals surface area contributed by atoms with Gasteiger partial charge in [-0.25, -0.2) is 0 Å². The van der Waals surface area contributed by atoms with Crippen molar-refractivity contribution < 1.29 is 0 Å². The van der Waals surface area contributed by atoms with E-state index in [2.05, 4.69) is 65.1 Å². The van der Waals surface area contributed by atoms with Gasteiger partial charge < -0.3 is 10.6 Å². The Morgan fingerprint density at radius 2 is 1.68 bits per heavy atom. The Labute approximate surface area is 123 Å². The number of anilines is 2. The minimum atomic E-state index is 0.784. The van der Waals surface area contributed by atoms with Crippen LogP contribution in [0.3, 0.4) is 0 Å². The van der Waals surface area contributed by atoms with Crippen molar-refractivity contribution in [2.45, 2.75) is 19.9 Å². The van der Waals surface area contributed by atoms with E-state index >= 15 is 0 Å². The molecule has 0 aliphatic heterocycles. The normalized spacial score (nSPS) is 10.5. The minimum absolute atomic E-state index is 0.784. The molecule has 2 rings (SSSR count). The van der Waals surface area contributed by atoms with Gasteiger partial charge in [0.2, 0.25) is 0 Å². The zero-order valence-electron chi connectivity index (χ0n) is 11.4. The van der Waals surface area contributed by atoms with Gasteiger partial charge in [-0.3, -0.25) is 0 Å². The molecule has 3 heteroatoms. The van der Waals surface area contributed by atoms with Gasteiger partial charge >= 0.3 is 0 Å². The second kappa shape index (κ2) is 6.11. The topological polar surface area (TPSA) is 29.3 Å². The van der Waals surface area contributed by atoms with Crippen molar-refractivity contribution >= 4 is 27.3 Å². The number of rotatable bonds is 4. The van der Waals surface area contributed by atoms with Gasteiger partial charge in [-0.05, 0) is 57.7 Å². The Bertz CT molecular complexity index is 549. The quantitative estimate of drug-likeness (QED) is 0.855. The van der Waals surface area contributed by atoms with Gasteiger partial charge in [0.1, 0.15) is 0 Å². The van der Waals surface area contributed by atoms with E-state index in [1.54, 1.807) is 0 Å². The summed E-state index contributed by atoms with van der Waals surface area (Å²) in [5.74, 6) is 0. The summed E-state index contributed by atoms with van der Waals surface area (Å²) < 4.78 is 0.950. The van der Waals surface area contributed by atoms with Crippen LogP contribution in [0, 0.1) is 0 Å². The van der Waals surface area contributed by atoms with Crippen molar-refractivity contribution in [3.05, 3.63) is 58.1 Å². The molecular weight excluding hydrogens is 300 g/mol. The van der Waals surface area contributed by atoms with Crippen LogP contribution in [0.4, 0.5) is 11.4 Å². The van der Waals surface area contributed by atoms with E-state index in [-0.39, 0.29) is 0 Å². The van der Waals surface area contributed by atoms with Crippen LogP contribution < -0.4 is 10.6 Å². The molecule has 0 spiro atoms. The summed E-state index contributed by atoms with van der Waals surface area (Å²) in [5.41, 5.74) is 10.5. The van der Waals surface area contributed by atoms with Gasteiger partial charge in [0.15, 0.2) is 0 Å². The van der Waals surface area contributed by atoms with Crippen LogP contribution in [0.2, 0.25) is 0 Å². The molecular formula is C16H19BrN2. The maximum absolute atomic E-state index is 5.91. The van der Waals surface area contributed by atoms with E-state index in [9.17, 15) is 0 Å². The van der Waals surface area contributed by atoms with Crippen molar-refractivity contribution in [3.63, 3.8) is 0 Å². The highest BCUT2D eigenvalue weighted by Gasteiger charge is 2.04. The fourth-order valence-electron chi connectivity index (χ4n) is 2.04. The molecule has 0 radical (unpaired) electrons. The highest BCUT2D eigenvalue weighted by Crippen LogP contribution is 2.22. The first kappa shape index (κ1) is 13.9. The molecule has 0 saturated carbocycles. The molecule has 0 aromatic heterocycles. The van der Waals surface area contributed by atoms with Gasteiger partial charge in [-0.2, -0.15) is 0 Å². The molecule has 0 heterocycles. The Morgan fingerprint density at radius 3 is 2.26 bits per heavy atom. The van der Waals surface area contributed by atoms with Crippen molar-refractivity contribution in [3.8, 4) is 0 Å². The number of hydrogen-bond acceptors (Lipinski definition) is 2. The van der Waals surface area contributed by atoms with E-state index in [0.717, 1.165) is 23.1 Å². The fraction of sp³-hybridized carbons (Fsp3) is 0.250. The molecule has 0 aliphatic carbocycles. The molecule has 0 fully saturated rings. The zero-order chi connectivity index (χ0) is 13.8. The maximum atomic E-state index is 5.91. The molecule has 2 aromatic rings. The molecule has 0 bridgehead atoms. The average molecular weight is 319 g/mol. The molecule has 0 saturated heterocycles. The maximum Gasteiger partial charge on any atom is 0.0461 e. The summed E-state index contributed by atoms with van der Waals surface area (Å²) in [6, 6.07) is 14.8. The average Bonchev–Trinajstić information content (AvgIpc) is 2.43. The first-order valence-electron chi connectivity index (χ1n) is 6.44. The summed E-state index contributed by atoms with van der Waals surface area (Å²) >= 11 is 3.42. The highest BCUT2D eigenvalue weighted by atomic mass is 79.9. The summed E-state index contributed by atoms with van der Waals surface area (Å²) in [5, 5.41) is 0. The number of halogens is 1. The van der Waals surface area contributed by atoms with Crippen LogP contribution in [-0.4, -0.2) is 7.05 Å². The minimum Gasteiger partial charge on any atom is -0.398 e. The number of nitrogen functional groups attached to an aromatic ring is 1. The second-order valence-electron chi connectivity index (χ2n) is 4.73. The fourth-order valence-corrected chi connectivity index (χ4v) is 2.29. The molecule has 2 aromatic carbocycles.